The Morgan fingerprint density at radius 3 is 2.83 bits per heavy atom. The Morgan fingerprint density at radius 1 is 1.28 bits per heavy atom. The molecule has 0 unspecified atom stereocenters. The lowest BCUT2D eigenvalue weighted by Gasteiger charge is -2.38. The van der Waals surface area contributed by atoms with Crippen molar-refractivity contribution >= 4 is 23.7 Å². The number of rotatable bonds is 11. The first-order valence-electron chi connectivity index (χ1n) is 13.0. The van der Waals surface area contributed by atoms with Crippen molar-refractivity contribution < 1.29 is 24.2 Å². The van der Waals surface area contributed by atoms with Gasteiger partial charge in [0.25, 0.3) is 0 Å². The number of nitrogens with zero attached hydrogens (tertiary/aromatic N) is 1. The topological polar surface area (TPSA) is 112 Å². The second kappa shape index (κ2) is 14.6. The fraction of sp³-hybridized carbons (Fsp3) is 0.692. The largest absolute Gasteiger partial charge is 0.465 e. The van der Waals surface area contributed by atoms with E-state index in [0.717, 1.165) is 50.0 Å². The molecule has 0 aliphatic carbocycles. The van der Waals surface area contributed by atoms with E-state index in [9.17, 15) is 9.59 Å². The summed E-state index contributed by atoms with van der Waals surface area (Å²) in [4.78, 5) is 25.8. The molecule has 1 aromatic carbocycles. The van der Waals surface area contributed by atoms with Gasteiger partial charge in [0.1, 0.15) is 0 Å². The second-order valence-corrected chi connectivity index (χ2v) is 10.3. The van der Waals surface area contributed by atoms with E-state index < -0.39 is 6.09 Å². The number of carbonyl (C=O) groups excluding carboxylic acids is 1. The van der Waals surface area contributed by atoms with E-state index in [-0.39, 0.29) is 37.2 Å². The Bertz CT molecular complexity index is 852. The van der Waals surface area contributed by atoms with Gasteiger partial charge in [0, 0.05) is 56.4 Å². The van der Waals surface area contributed by atoms with Crippen LogP contribution in [0.5, 0.6) is 0 Å². The number of halogens is 1. The SMILES string of the molecule is CN[C@H](CNC(=O)N1CCC[C@@H]([C@@H](OCCNC(=O)O)c2cc(Cl)ccc2C)C1)C[C@H]1CCCOC1. The van der Waals surface area contributed by atoms with Crippen LogP contribution in [0.1, 0.15) is 49.3 Å². The zero-order valence-corrected chi connectivity index (χ0v) is 22.2. The highest BCUT2D eigenvalue weighted by atomic mass is 35.5. The van der Waals surface area contributed by atoms with Gasteiger partial charge in [-0.15, -0.1) is 0 Å². The Labute approximate surface area is 219 Å². The number of carbonyl (C=O) groups is 2. The average molecular weight is 525 g/mol. The number of hydrogen-bond donors (Lipinski definition) is 4. The van der Waals surface area contributed by atoms with Crippen LogP contribution in [0.25, 0.3) is 0 Å². The molecule has 2 heterocycles. The number of piperidine rings is 1. The van der Waals surface area contributed by atoms with E-state index in [1.165, 1.54) is 6.42 Å². The third-order valence-electron chi connectivity index (χ3n) is 7.18. The molecule has 4 N–H and O–H groups in total. The maximum atomic E-state index is 13.1. The van der Waals surface area contributed by atoms with Crippen LogP contribution in [0, 0.1) is 18.8 Å². The quantitative estimate of drug-likeness (QED) is 0.328. The fourth-order valence-corrected chi connectivity index (χ4v) is 5.38. The third kappa shape index (κ3) is 8.80. The monoisotopic (exact) mass is 524 g/mol. The van der Waals surface area contributed by atoms with Gasteiger partial charge in [-0.1, -0.05) is 17.7 Å². The van der Waals surface area contributed by atoms with E-state index in [1.807, 2.05) is 37.1 Å². The van der Waals surface area contributed by atoms with Crippen LogP contribution in [-0.2, 0) is 9.47 Å². The van der Waals surface area contributed by atoms with Crippen LogP contribution in [-0.4, -0.2) is 81.2 Å². The molecule has 3 amide bonds. The molecule has 0 saturated carbocycles. The van der Waals surface area contributed by atoms with Gasteiger partial charge in [-0.05, 0) is 75.3 Å². The van der Waals surface area contributed by atoms with Gasteiger partial charge in [-0.3, -0.25) is 0 Å². The van der Waals surface area contributed by atoms with Gasteiger partial charge in [-0.2, -0.15) is 0 Å². The van der Waals surface area contributed by atoms with Gasteiger partial charge in [-0.25, -0.2) is 9.59 Å². The molecule has 0 spiro atoms. The highest BCUT2D eigenvalue weighted by Crippen LogP contribution is 2.35. The van der Waals surface area contributed by atoms with Gasteiger partial charge < -0.3 is 35.4 Å². The lowest BCUT2D eigenvalue weighted by atomic mass is 9.86. The first-order chi connectivity index (χ1) is 17.4. The number of urea groups is 1. The smallest absolute Gasteiger partial charge is 0.404 e. The lowest BCUT2D eigenvalue weighted by molar-refractivity contribution is -0.00871. The molecule has 4 atom stereocenters. The van der Waals surface area contributed by atoms with E-state index in [2.05, 4.69) is 16.0 Å². The molecule has 202 valence electrons. The van der Waals surface area contributed by atoms with E-state index in [1.54, 1.807) is 0 Å². The molecule has 36 heavy (non-hydrogen) atoms. The van der Waals surface area contributed by atoms with Crippen molar-refractivity contribution in [3.8, 4) is 0 Å². The van der Waals surface area contributed by atoms with Gasteiger partial charge in [0.15, 0.2) is 0 Å². The summed E-state index contributed by atoms with van der Waals surface area (Å²) in [5.74, 6) is 0.605. The molecule has 10 heteroatoms. The molecule has 1 aromatic rings. The summed E-state index contributed by atoms with van der Waals surface area (Å²) in [5, 5.41) is 18.3. The van der Waals surface area contributed by atoms with Gasteiger partial charge in [0.2, 0.25) is 0 Å². The van der Waals surface area contributed by atoms with Crippen molar-refractivity contribution in [2.75, 3.05) is 53.0 Å². The van der Waals surface area contributed by atoms with Crippen LogP contribution in [0.4, 0.5) is 9.59 Å². The van der Waals surface area contributed by atoms with Crippen molar-refractivity contribution in [1.82, 2.24) is 20.9 Å². The summed E-state index contributed by atoms with van der Waals surface area (Å²) in [5.41, 5.74) is 2.04. The van der Waals surface area contributed by atoms with Crippen LogP contribution < -0.4 is 16.0 Å². The summed E-state index contributed by atoms with van der Waals surface area (Å²) < 4.78 is 11.8. The Hall–Kier alpha value is -2.07. The molecule has 2 fully saturated rings. The van der Waals surface area contributed by atoms with Crippen molar-refractivity contribution in [3.05, 3.63) is 34.3 Å². The molecule has 2 aliphatic heterocycles. The molecular weight excluding hydrogens is 484 g/mol. The standard InChI is InChI=1S/C26H41ClN4O5/c1-18-7-8-21(27)14-23(18)24(36-12-9-29-26(33)34)20-6-3-10-31(16-20)25(32)30-15-22(28-2)13-19-5-4-11-35-17-19/h7-8,14,19-20,22,24,28-29H,3-6,9-13,15-17H2,1-2H3,(H,30,32)(H,33,34)/t19-,20-,22+,24-/m1/s1. The number of amides is 3. The van der Waals surface area contributed by atoms with E-state index in [4.69, 9.17) is 26.2 Å². The number of likely N-dealkylation sites (tertiary alicyclic amines) is 1. The maximum absolute atomic E-state index is 13.1. The molecule has 3 rings (SSSR count). The van der Waals surface area contributed by atoms with E-state index >= 15 is 0 Å². The number of ether oxygens (including phenoxy) is 2. The summed E-state index contributed by atoms with van der Waals surface area (Å²) in [7, 11) is 1.94. The van der Waals surface area contributed by atoms with Gasteiger partial charge >= 0.3 is 12.1 Å². The molecule has 0 radical (unpaired) electrons. The molecule has 2 aliphatic rings. The summed E-state index contributed by atoms with van der Waals surface area (Å²) >= 11 is 6.30. The van der Waals surface area contributed by atoms with Gasteiger partial charge in [0.05, 0.1) is 12.7 Å². The third-order valence-corrected chi connectivity index (χ3v) is 7.41. The minimum atomic E-state index is -1.08. The zero-order valence-electron chi connectivity index (χ0n) is 21.4. The average Bonchev–Trinajstić information content (AvgIpc) is 2.88. The predicted octanol–water partition coefficient (Wildman–Crippen LogP) is 3.80. The molecule has 9 nitrogen and oxygen atoms in total. The first kappa shape index (κ1) is 28.5. The normalized spacial score (nSPS) is 22.0. The van der Waals surface area contributed by atoms with Crippen molar-refractivity contribution in [3.63, 3.8) is 0 Å². The molecule has 2 saturated heterocycles. The van der Waals surface area contributed by atoms with Crippen LogP contribution in [0.15, 0.2) is 18.2 Å². The zero-order chi connectivity index (χ0) is 25.9. The second-order valence-electron chi connectivity index (χ2n) is 9.86. The highest BCUT2D eigenvalue weighted by molar-refractivity contribution is 6.30. The number of carboxylic acid groups (broad SMARTS) is 1. The van der Waals surface area contributed by atoms with Crippen LogP contribution >= 0.6 is 11.6 Å². The predicted molar refractivity (Wildman–Crippen MR) is 140 cm³/mol. The molecule has 0 bridgehead atoms. The Kier molecular flexibility index (Phi) is 11.6. The Morgan fingerprint density at radius 2 is 2.11 bits per heavy atom. The van der Waals surface area contributed by atoms with E-state index in [0.29, 0.717) is 30.6 Å². The number of aryl methyl sites for hydroxylation is 1. The summed E-state index contributed by atoms with van der Waals surface area (Å²) in [6.07, 6.45) is 3.68. The summed E-state index contributed by atoms with van der Waals surface area (Å²) in [6.45, 7) is 5.93. The van der Waals surface area contributed by atoms with Crippen molar-refractivity contribution in [2.45, 2.75) is 51.2 Å². The fourth-order valence-electron chi connectivity index (χ4n) is 5.20. The minimum absolute atomic E-state index is 0.0612. The minimum Gasteiger partial charge on any atom is -0.465 e. The van der Waals surface area contributed by atoms with Crippen molar-refractivity contribution in [1.29, 1.82) is 0 Å². The first-order valence-corrected chi connectivity index (χ1v) is 13.4. The van der Waals surface area contributed by atoms with Crippen LogP contribution in [0.2, 0.25) is 5.02 Å². The maximum Gasteiger partial charge on any atom is 0.404 e. The number of hydrogen-bond acceptors (Lipinski definition) is 5. The number of nitrogens with one attached hydrogen (secondary N) is 3. The molecule has 0 aromatic heterocycles. The Balaban J connectivity index is 1.60. The lowest BCUT2D eigenvalue weighted by Crippen LogP contribution is -2.50. The summed E-state index contributed by atoms with van der Waals surface area (Å²) in [6, 6.07) is 5.87. The van der Waals surface area contributed by atoms with Crippen molar-refractivity contribution in [2.24, 2.45) is 11.8 Å². The molecular formula is C26H41ClN4O5. The number of likely N-dealkylation sites (N-methyl/N-ethyl adjacent to an activating group) is 1. The van der Waals surface area contributed by atoms with Crippen LogP contribution in [0.3, 0.4) is 0 Å². The highest BCUT2D eigenvalue weighted by Gasteiger charge is 2.32. The number of benzene rings is 1.